The van der Waals surface area contributed by atoms with Gasteiger partial charge in [-0.25, -0.2) is 4.39 Å². The van der Waals surface area contributed by atoms with Crippen molar-refractivity contribution in [2.45, 2.75) is 0 Å². The van der Waals surface area contributed by atoms with Crippen LogP contribution in [0.5, 0.6) is 5.75 Å². The van der Waals surface area contributed by atoms with Gasteiger partial charge in [-0.3, -0.25) is 4.79 Å². The van der Waals surface area contributed by atoms with Crippen LogP contribution < -0.4 is 5.32 Å². The number of aromatic hydroxyl groups is 1. The molecule has 0 fully saturated rings. The summed E-state index contributed by atoms with van der Waals surface area (Å²) in [6, 6.07) is 19.2. The molecule has 3 aromatic carbocycles. The maximum Gasteiger partial charge on any atom is 0.259 e. The number of benzene rings is 2. The molecule has 0 atom stereocenters. The van der Waals surface area contributed by atoms with Crippen LogP contribution in [0, 0.1) is 29.3 Å². The molecular formula is C20H10ClFN2O2. The molecule has 6 heteroatoms. The first-order valence-corrected chi connectivity index (χ1v) is 7.79. The molecule has 0 radical (unpaired) electrons. The molecule has 0 aliphatic rings. The minimum atomic E-state index is -0.787. The van der Waals surface area contributed by atoms with E-state index in [2.05, 4.69) is 17.4 Å². The van der Waals surface area contributed by atoms with Crippen LogP contribution in [0.25, 0.3) is 11.1 Å². The number of nitrogens with one attached hydrogen (secondary N) is 1. The molecule has 0 saturated carbocycles. The summed E-state index contributed by atoms with van der Waals surface area (Å²) < 4.78 is 14.1. The fourth-order valence-corrected chi connectivity index (χ4v) is 2.57. The van der Waals surface area contributed by atoms with Crippen molar-refractivity contribution >= 4 is 23.2 Å². The number of halogens is 2. The number of anilines is 1. The number of hydrogen-bond donors (Lipinski definition) is 2. The predicted molar refractivity (Wildman–Crippen MR) is 95.3 cm³/mol. The van der Waals surface area contributed by atoms with Gasteiger partial charge in [-0.2, -0.15) is 5.26 Å². The Kier molecular flexibility index (Phi) is 4.75. The highest BCUT2D eigenvalue weighted by atomic mass is 35.5. The lowest BCUT2D eigenvalue weighted by atomic mass is 10.1. The van der Waals surface area contributed by atoms with Crippen LogP contribution >= 0.6 is 11.6 Å². The highest BCUT2D eigenvalue weighted by molar-refractivity contribution is 6.33. The number of nitriles is 1. The Morgan fingerprint density at radius 3 is 2.69 bits per heavy atom. The molecule has 1 amide bonds. The van der Waals surface area contributed by atoms with Gasteiger partial charge in [0, 0.05) is 0 Å². The zero-order chi connectivity index (χ0) is 18.7. The quantitative estimate of drug-likeness (QED) is 0.714. The maximum absolute atomic E-state index is 14.1. The van der Waals surface area contributed by atoms with Crippen LogP contribution in [0.15, 0.2) is 48.5 Å². The number of hydrogen-bond acceptors (Lipinski definition) is 3. The lowest BCUT2D eigenvalue weighted by Gasteiger charge is -2.11. The average molecular weight is 365 g/mol. The van der Waals surface area contributed by atoms with Crippen molar-refractivity contribution in [3.63, 3.8) is 0 Å². The minimum Gasteiger partial charge on any atom is -0.506 e. The van der Waals surface area contributed by atoms with Gasteiger partial charge in [0.15, 0.2) is 0 Å². The Morgan fingerprint density at radius 1 is 1.19 bits per heavy atom. The molecule has 26 heavy (non-hydrogen) atoms. The summed E-state index contributed by atoms with van der Waals surface area (Å²) in [6.45, 7) is 0. The van der Waals surface area contributed by atoms with Crippen LogP contribution in [0.1, 0.15) is 15.9 Å². The van der Waals surface area contributed by atoms with E-state index in [1.165, 1.54) is 24.3 Å². The number of carbonyl (C=O) groups is 1. The Bertz CT molecular complexity index is 1030. The van der Waals surface area contributed by atoms with Gasteiger partial charge in [0.05, 0.1) is 27.9 Å². The van der Waals surface area contributed by atoms with E-state index in [1.807, 2.05) is 6.07 Å². The first-order valence-electron chi connectivity index (χ1n) is 7.41. The number of amides is 1. The molecule has 0 heterocycles. The largest absolute Gasteiger partial charge is 0.506 e. The molecule has 0 saturated heterocycles. The highest BCUT2D eigenvalue weighted by Crippen LogP contribution is 2.30. The van der Waals surface area contributed by atoms with Gasteiger partial charge in [0.1, 0.15) is 11.6 Å². The van der Waals surface area contributed by atoms with Crippen molar-refractivity contribution < 1.29 is 14.3 Å². The standard InChI is InChI=1S/C20H10ClFN2O2/c21-16-9-12(11-23)8-15(19(16)25)20(26)24-18-10-14(6-7-17(18)22)13-4-2-1-3-5-13/h2,4-10,25H,(H,24,26). The molecule has 2 N–H and O–H groups in total. The van der Waals surface area contributed by atoms with Gasteiger partial charge in [0.25, 0.3) is 5.91 Å². The summed E-state index contributed by atoms with van der Waals surface area (Å²) in [7, 11) is 0. The van der Waals surface area contributed by atoms with E-state index in [0.29, 0.717) is 5.56 Å². The molecule has 0 bridgehead atoms. The highest BCUT2D eigenvalue weighted by Gasteiger charge is 2.17. The third-order valence-corrected chi connectivity index (χ3v) is 3.93. The van der Waals surface area contributed by atoms with Gasteiger partial charge in [-0.15, -0.1) is 0 Å². The summed E-state index contributed by atoms with van der Waals surface area (Å²) in [5, 5.41) is 21.2. The molecule has 0 aliphatic heterocycles. The van der Waals surface area contributed by atoms with Crippen molar-refractivity contribution in [2.75, 3.05) is 5.32 Å². The summed E-state index contributed by atoms with van der Waals surface area (Å²) in [6.07, 6.45) is 0. The second-order valence-electron chi connectivity index (χ2n) is 5.34. The third kappa shape index (κ3) is 3.44. The molecule has 4 nitrogen and oxygen atoms in total. The van der Waals surface area contributed by atoms with Gasteiger partial charge < -0.3 is 10.4 Å². The summed E-state index contributed by atoms with van der Waals surface area (Å²) >= 11 is 5.82. The summed E-state index contributed by atoms with van der Waals surface area (Å²) in [4.78, 5) is 12.4. The molecular weight excluding hydrogens is 355 g/mol. The van der Waals surface area contributed by atoms with E-state index in [1.54, 1.807) is 24.3 Å². The predicted octanol–water partition coefficient (Wildman–Crippen LogP) is 4.58. The van der Waals surface area contributed by atoms with Crippen LogP contribution in [0.2, 0.25) is 5.02 Å². The second-order valence-corrected chi connectivity index (χ2v) is 5.74. The lowest BCUT2D eigenvalue weighted by Crippen LogP contribution is -2.13. The van der Waals surface area contributed by atoms with E-state index < -0.39 is 17.5 Å². The van der Waals surface area contributed by atoms with E-state index in [4.69, 9.17) is 16.9 Å². The van der Waals surface area contributed by atoms with Gasteiger partial charge >= 0.3 is 0 Å². The fourth-order valence-electron chi connectivity index (χ4n) is 2.35. The van der Waals surface area contributed by atoms with Crippen LogP contribution in [-0.4, -0.2) is 11.0 Å². The second kappa shape index (κ2) is 7.14. The minimum absolute atomic E-state index is 0.0711. The molecule has 3 rings (SSSR count). The topological polar surface area (TPSA) is 73.1 Å². The molecule has 3 aromatic rings. The molecule has 0 aliphatic carbocycles. The van der Waals surface area contributed by atoms with Crippen LogP contribution in [0.4, 0.5) is 10.1 Å². The first-order chi connectivity index (χ1) is 12.5. The average Bonchev–Trinajstić information content (AvgIpc) is 2.66. The van der Waals surface area contributed by atoms with Crippen LogP contribution in [0.3, 0.4) is 0 Å². The number of phenols is 1. The first kappa shape index (κ1) is 17.3. The van der Waals surface area contributed by atoms with Crippen molar-refractivity contribution in [2.24, 2.45) is 0 Å². The van der Waals surface area contributed by atoms with Crippen molar-refractivity contribution in [3.8, 4) is 22.9 Å². The number of carbonyl (C=O) groups excluding carboxylic acids is 1. The SMILES string of the molecule is N#Cc1cc(Cl)c(O)c(C(=O)Nc2cc(-c3cc#ccc3)ccc2F)c1. The zero-order valence-corrected chi connectivity index (χ0v) is 13.9. The molecule has 126 valence electrons. The normalized spacial score (nSPS) is 9.88. The van der Waals surface area contributed by atoms with Crippen molar-refractivity contribution in [3.05, 3.63) is 82.6 Å². The number of nitrogens with zero attached hydrogens (tertiary/aromatic N) is 1. The van der Waals surface area contributed by atoms with Gasteiger partial charge in [0.2, 0.25) is 0 Å². The molecule has 0 spiro atoms. The summed E-state index contributed by atoms with van der Waals surface area (Å²) in [5.41, 5.74) is 1.25. The van der Waals surface area contributed by atoms with E-state index >= 15 is 0 Å². The Labute approximate surface area is 154 Å². The summed E-state index contributed by atoms with van der Waals surface area (Å²) in [5.74, 6) is -1.91. The zero-order valence-electron chi connectivity index (χ0n) is 13.2. The third-order valence-electron chi connectivity index (χ3n) is 3.64. The maximum atomic E-state index is 14.1. The monoisotopic (exact) mass is 364 g/mol. The number of rotatable bonds is 3. The van der Waals surface area contributed by atoms with Crippen molar-refractivity contribution in [1.82, 2.24) is 0 Å². The van der Waals surface area contributed by atoms with Crippen molar-refractivity contribution in [1.29, 1.82) is 5.26 Å². The van der Waals surface area contributed by atoms with E-state index in [0.717, 1.165) is 5.56 Å². The van der Waals surface area contributed by atoms with E-state index in [9.17, 15) is 14.3 Å². The molecule has 0 unspecified atom stereocenters. The van der Waals surface area contributed by atoms with Crippen LogP contribution in [-0.2, 0) is 0 Å². The number of phenolic OH excluding ortho intramolecular Hbond substituents is 1. The Hall–Kier alpha value is -3.54. The lowest BCUT2D eigenvalue weighted by molar-refractivity contribution is 0.102. The Balaban J connectivity index is 1.96. The van der Waals surface area contributed by atoms with Gasteiger partial charge in [-0.1, -0.05) is 29.8 Å². The fraction of sp³-hybridized carbons (Fsp3) is 0. The molecule has 0 aromatic heterocycles. The smallest absolute Gasteiger partial charge is 0.259 e. The Morgan fingerprint density at radius 2 is 2.00 bits per heavy atom. The van der Waals surface area contributed by atoms with Gasteiger partial charge in [-0.05, 0) is 53.6 Å². The van der Waals surface area contributed by atoms with E-state index in [-0.39, 0.29) is 21.8 Å².